The van der Waals surface area contributed by atoms with Gasteiger partial charge in [-0.2, -0.15) is 5.10 Å². The molecule has 0 unspecified atom stereocenters. The maximum Gasteiger partial charge on any atom is 0.365 e. The van der Waals surface area contributed by atoms with Crippen LogP contribution in [0.25, 0.3) is 0 Å². The minimum absolute atomic E-state index is 0.273. The monoisotopic (exact) mass is 275 g/mol. The van der Waals surface area contributed by atoms with Gasteiger partial charge < -0.3 is 4.74 Å². The molecule has 7 nitrogen and oxygen atoms in total. The van der Waals surface area contributed by atoms with E-state index in [2.05, 4.69) is 9.84 Å². The smallest absolute Gasteiger partial charge is 0.365 e. The van der Waals surface area contributed by atoms with Crippen molar-refractivity contribution < 1.29 is 14.5 Å². The van der Waals surface area contributed by atoms with Gasteiger partial charge in [0.05, 0.1) is 12.0 Å². The van der Waals surface area contributed by atoms with Gasteiger partial charge in [0.1, 0.15) is 6.20 Å². The summed E-state index contributed by atoms with van der Waals surface area (Å²) >= 11 is 0. The Kier molecular flexibility index (Phi) is 4.09. The first kappa shape index (κ1) is 13.7. The normalized spacial score (nSPS) is 10.2. The second kappa shape index (κ2) is 5.96. The van der Waals surface area contributed by atoms with Crippen LogP contribution in [0.4, 0.5) is 5.69 Å². The molecule has 0 atom stereocenters. The van der Waals surface area contributed by atoms with E-state index in [1.165, 1.54) is 10.9 Å². The van der Waals surface area contributed by atoms with Crippen LogP contribution in [-0.2, 0) is 17.7 Å². The molecule has 7 heteroatoms. The third-order valence-corrected chi connectivity index (χ3v) is 2.79. The number of carbonyl (C=O) groups excluding carboxylic acids is 1. The number of ether oxygens (including phenoxy) is 1. The molecule has 0 aliphatic heterocycles. The predicted octanol–water partition coefficient (Wildman–Crippen LogP) is 1.82. The third kappa shape index (κ3) is 3.00. The molecule has 2 rings (SSSR count). The van der Waals surface area contributed by atoms with Crippen LogP contribution in [0.1, 0.15) is 16.1 Å². The largest absolute Gasteiger partial charge is 0.464 e. The number of methoxy groups -OCH3 is 1. The summed E-state index contributed by atoms with van der Waals surface area (Å²) < 4.78 is 5.87. The predicted molar refractivity (Wildman–Crippen MR) is 70.4 cm³/mol. The van der Waals surface area contributed by atoms with E-state index in [0.29, 0.717) is 13.0 Å². The molecule has 0 saturated heterocycles. The molecule has 0 aliphatic carbocycles. The molecule has 20 heavy (non-hydrogen) atoms. The number of rotatable bonds is 5. The Morgan fingerprint density at radius 1 is 1.40 bits per heavy atom. The second-order valence-electron chi connectivity index (χ2n) is 4.11. The number of hydrogen-bond donors (Lipinski definition) is 0. The molecular formula is C13H13N3O4. The van der Waals surface area contributed by atoms with Crippen LogP contribution in [0.15, 0.2) is 36.5 Å². The summed E-state index contributed by atoms with van der Waals surface area (Å²) in [4.78, 5) is 21.7. The van der Waals surface area contributed by atoms with Gasteiger partial charge in [-0.1, -0.05) is 30.3 Å². The maximum atomic E-state index is 11.4. The van der Waals surface area contributed by atoms with Crippen molar-refractivity contribution in [3.8, 4) is 0 Å². The van der Waals surface area contributed by atoms with E-state index in [1.54, 1.807) is 0 Å². The summed E-state index contributed by atoms with van der Waals surface area (Å²) in [6, 6.07) is 9.66. The van der Waals surface area contributed by atoms with Gasteiger partial charge in [-0.05, 0) is 12.0 Å². The molecule has 0 aliphatic rings. The van der Waals surface area contributed by atoms with Gasteiger partial charge in [0.2, 0.25) is 5.69 Å². The van der Waals surface area contributed by atoms with Crippen LogP contribution >= 0.6 is 0 Å². The summed E-state index contributed by atoms with van der Waals surface area (Å²) in [6.07, 6.45) is 1.91. The van der Waals surface area contributed by atoms with Gasteiger partial charge >= 0.3 is 11.7 Å². The summed E-state index contributed by atoms with van der Waals surface area (Å²) in [5, 5.41) is 14.8. The highest BCUT2D eigenvalue weighted by molar-refractivity contribution is 5.91. The van der Waals surface area contributed by atoms with Crippen molar-refractivity contribution in [2.75, 3.05) is 7.11 Å². The molecule has 0 fully saturated rings. The number of carbonyl (C=O) groups is 1. The maximum absolute atomic E-state index is 11.4. The van der Waals surface area contributed by atoms with Crippen molar-refractivity contribution in [3.05, 3.63) is 57.9 Å². The summed E-state index contributed by atoms with van der Waals surface area (Å²) in [5.74, 6) is -0.810. The Bertz CT molecular complexity index is 622. The van der Waals surface area contributed by atoms with E-state index in [9.17, 15) is 14.9 Å². The highest BCUT2D eigenvalue weighted by atomic mass is 16.6. The Balaban J connectivity index is 2.17. The van der Waals surface area contributed by atoms with Crippen LogP contribution in [-0.4, -0.2) is 27.8 Å². The first-order chi connectivity index (χ1) is 9.61. The van der Waals surface area contributed by atoms with Crippen LogP contribution < -0.4 is 0 Å². The molecule has 1 aromatic heterocycles. The number of esters is 1. The Morgan fingerprint density at radius 2 is 2.10 bits per heavy atom. The summed E-state index contributed by atoms with van der Waals surface area (Å²) in [5.41, 5.74) is 0.473. The Morgan fingerprint density at radius 3 is 2.70 bits per heavy atom. The average molecular weight is 275 g/mol. The number of aryl methyl sites for hydroxylation is 2. The molecule has 0 saturated carbocycles. The molecule has 0 bridgehead atoms. The van der Waals surface area contributed by atoms with Crippen LogP contribution in [0, 0.1) is 10.1 Å². The van der Waals surface area contributed by atoms with E-state index >= 15 is 0 Å². The van der Waals surface area contributed by atoms with E-state index in [-0.39, 0.29) is 11.4 Å². The van der Waals surface area contributed by atoms with Crippen LogP contribution in [0.5, 0.6) is 0 Å². The van der Waals surface area contributed by atoms with Crippen LogP contribution in [0.2, 0.25) is 0 Å². The Labute approximate surface area is 114 Å². The number of nitrogens with zero attached hydrogens (tertiary/aromatic N) is 3. The number of aromatic nitrogens is 2. The lowest BCUT2D eigenvalue weighted by Crippen LogP contribution is -2.07. The van der Waals surface area contributed by atoms with Gasteiger partial charge in [0.15, 0.2) is 0 Å². The quantitative estimate of drug-likeness (QED) is 0.472. The van der Waals surface area contributed by atoms with Crippen molar-refractivity contribution in [3.63, 3.8) is 0 Å². The van der Waals surface area contributed by atoms with Gasteiger partial charge in [-0.25, -0.2) is 4.79 Å². The number of benzene rings is 1. The first-order valence-electron chi connectivity index (χ1n) is 5.96. The van der Waals surface area contributed by atoms with Gasteiger partial charge in [-0.3, -0.25) is 14.8 Å². The molecule has 0 N–H and O–H groups in total. The van der Waals surface area contributed by atoms with E-state index in [1.807, 2.05) is 30.3 Å². The number of hydrogen-bond acceptors (Lipinski definition) is 5. The highest BCUT2D eigenvalue weighted by Gasteiger charge is 2.26. The summed E-state index contributed by atoms with van der Waals surface area (Å²) in [7, 11) is 1.16. The molecule has 0 spiro atoms. The van der Waals surface area contributed by atoms with E-state index < -0.39 is 10.9 Å². The number of nitro groups is 1. The second-order valence-corrected chi connectivity index (χ2v) is 4.11. The van der Waals surface area contributed by atoms with E-state index in [0.717, 1.165) is 12.7 Å². The van der Waals surface area contributed by atoms with Crippen molar-refractivity contribution in [2.24, 2.45) is 0 Å². The zero-order valence-electron chi connectivity index (χ0n) is 10.9. The zero-order chi connectivity index (χ0) is 14.5. The van der Waals surface area contributed by atoms with Crippen molar-refractivity contribution in [1.82, 2.24) is 9.78 Å². The van der Waals surface area contributed by atoms with Crippen molar-refractivity contribution >= 4 is 11.7 Å². The highest BCUT2D eigenvalue weighted by Crippen LogP contribution is 2.17. The molecule has 0 amide bonds. The van der Waals surface area contributed by atoms with Crippen LogP contribution in [0.3, 0.4) is 0 Å². The first-order valence-corrected chi connectivity index (χ1v) is 5.96. The molecular weight excluding hydrogens is 262 g/mol. The lowest BCUT2D eigenvalue weighted by molar-refractivity contribution is -0.385. The van der Waals surface area contributed by atoms with Gasteiger partial charge in [0.25, 0.3) is 0 Å². The summed E-state index contributed by atoms with van der Waals surface area (Å²) in [6.45, 7) is 0.446. The average Bonchev–Trinajstić information content (AvgIpc) is 2.90. The molecule has 1 heterocycles. The van der Waals surface area contributed by atoms with Crippen molar-refractivity contribution in [2.45, 2.75) is 13.0 Å². The molecule has 1 aromatic carbocycles. The lowest BCUT2D eigenvalue weighted by Gasteiger charge is -2.01. The SMILES string of the molecule is COC(=O)c1nn(CCc2ccccc2)cc1[N+](=O)[O-]. The van der Waals surface area contributed by atoms with Gasteiger partial charge in [-0.15, -0.1) is 0 Å². The minimum atomic E-state index is -0.810. The van der Waals surface area contributed by atoms with Gasteiger partial charge in [0, 0.05) is 6.54 Å². The topological polar surface area (TPSA) is 87.3 Å². The Hall–Kier alpha value is -2.70. The minimum Gasteiger partial charge on any atom is -0.464 e. The fourth-order valence-electron chi connectivity index (χ4n) is 1.79. The fraction of sp³-hybridized carbons (Fsp3) is 0.231. The molecule has 2 aromatic rings. The molecule has 104 valence electrons. The standard InChI is InChI=1S/C13H13N3O4/c1-20-13(17)12-11(16(18)19)9-15(14-12)8-7-10-5-3-2-4-6-10/h2-6,9H,7-8H2,1H3. The third-order valence-electron chi connectivity index (χ3n) is 2.79. The molecule has 0 radical (unpaired) electrons. The lowest BCUT2D eigenvalue weighted by atomic mass is 10.1. The zero-order valence-corrected chi connectivity index (χ0v) is 10.9. The van der Waals surface area contributed by atoms with E-state index in [4.69, 9.17) is 0 Å². The fourth-order valence-corrected chi connectivity index (χ4v) is 1.79. The van der Waals surface area contributed by atoms with Crippen molar-refractivity contribution in [1.29, 1.82) is 0 Å².